The number of nitrogens with zero attached hydrogens (tertiary/aromatic N) is 31. The van der Waals surface area contributed by atoms with Crippen molar-refractivity contribution >= 4 is 37.0 Å². The first-order chi connectivity index (χ1) is 66.6. The second-order valence-corrected chi connectivity index (χ2v) is 36.0. The largest absolute Gasteiger partial charge is 1.00 e. The quantitative estimate of drug-likeness (QED) is 0.0164. The number of benzene rings is 1. The molecule has 0 fully saturated rings. The van der Waals surface area contributed by atoms with Crippen molar-refractivity contribution in [3.05, 3.63) is 325 Å². The van der Waals surface area contributed by atoms with Gasteiger partial charge in [0.25, 0.3) is 0 Å². The summed E-state index contributed by atoms with van der Waals surface area (Å²) in [4.78, 5) is 59.3. The summed E-state index contributed by atoms with van der Waals surface area (Å²) in [7, 11) is 19.6. The van der Waals surface area contributed by atoms with E-state index in [0.29, 0.717) is 35.8 Å². The summed E-state index contributed by atoms with van der Waals surface area (Å²) in [5.74, 6) is 17.1. The fourth-order valence-electron chi connectivity index (χ4n) is 15.9. The summed E-state index contributed by atoms with van der Waals surface area (Å²) in [6.07, 6.45) is 79.2. The van der Waals surface area contributed by atoms with Gasteiger partial charge in [-0.15, -0.1) is 6.58 Å². The van der Waals surface area contributed by atoms with E-state index < -0.39 is 0 Å². The Morgan fingerprint density at radius 3 is 1.03 bits per heavy atom. The normalized spacial score (nSPS) is 12.0. The zero-order chi connectivity index (χ0) is 97.4. The third-order valence-corrected chi connectivity index (χ3v) is 25.4. The van der Waals surface area contributed by atoms with Crippen LogP contribution in [0, 0.1) is 0 Å². The molecule has 1 aromatic carbocycles. The van der Waals surface area contributed by atoms with E-state index >= 15 is 0 Å². The van der Waals surface area contributed by atoms with Gasteiger partial charge in [0.2, 0.25) is 6.33 Å². The van der Waals surface area contributed by atoms with Gasteiger partial charge in [-0.1, -0.05) is 71.0 Å². The molecule has 0 bridgehead atoms. The molecule has 0 amide bonds. The number of hydrogen-bond donors (Lipinski definition) is 2. The Morgan fingerprint density at radius 1 is 0.343 bits per heavy atom. The molecule has 140 heavy (non-hydrogen) atoms. The predicted molar refractivity (Wildman–Crippen MR) is 552 cm³/mol. The SMILES string of the molecule is C=CCn1ccnc1-c1nccn1C.CCC(CC(C)c1cc[n+](CCS)cc1)c1ccncc1.CCC(CC(C)c1cc[n+](CCSCCCn2ccnc2-c2nccn2C)cc1)c1ccccc1.CCC(CC(C)n1cc[n+](CCS)c1)n1ccnc1.Cn1ccnc1-c1nccn1C.Cn1ccnc1-c1nccn1C.Cn1ccnc1-c1nccn1C.Cn1ccnc1-c1nccn1C.[Br-].[Os].[Os]. The van der Waals surface area contributed by atoms with Crippen molar-refractivity contribution in [1.29, 1.82) is 0 Å². The van der Waals surface area contributed by atoms with E-state index in [9.17, 15) is 0 Å². The Labute approximate surface area is 877 Å². The number of imidazole rings is 14. The zero-order valence-electron chi connectivity index (χ0n) is 83.4. The molecule has 18 aromatic rings. The fraction of sp³-hybridized carbons (Fsp3) is 0.369. The first-order valence-electron chi connectivity index (χ1n) is 46.8. The van der Waals surface area contributed by atoms with Gasteiger partial charge in [-0.3, -0.25) is 4.98 Å². The standard InChI is InChI=1S/C29H38N5S.C18H24N2S.C14H22N4S.C10H12N4.4C8H10N4.BrH.2Os/c1-4-25(27-9-6-5-7-10-27)23-24(2)26-11-16-33(17-12-26)20-22-35-21-8-15-34-19-14-31-29(34)28-30-13-18-32(28)3;1-3-16(18-4-8-19-9-5-18)14-15(2)17-6-10-20(11-7-17)12-13-21;1-3-14(17-5-4-15-11-17)10-13(2)18-7-6-16(12-18)8-9-19;1-3-6-14-8-5-12-10(14)9-11-4-7-13(9)2;4*1-11-5-3-9-7(11)8-10-4-6-12(8)2;;;/h5-7,9-14,16-19,24-25H,4,8,15,20-23H2,1-3H3;4-11,15-16H,3,12-14H2,1-2H3;4-7,11-14H,3,8-10H2,1-2H3;3-5,7-8H,1,6H2,2H3;4*3-6H,1-2H3;1H;;/q+1;;;;;;;;;;/p+1. The van der Waals surface area contributed by atoms with Gasteiger partial charge in [0, 0.05) is 345 Å². The minimum atomic E-state index is 0. The molecule has 0 saturated heterocycles. The van der Waals surface area contributed by atoms with E-state index in [2.05, 4.69) is 293 Å². The monoisotopic (exact) mass is 2370 g/mol. The molecule has 0 spiro atoms. The molecular formula is C103H138BrN31Os2S3+2. The van der Waals surface area contributed by atoms with Crippen LogP contribution < -0.4 is 30.7 Å². The molecule has 0 aliphatic rings. The van der Waals surface area contributed by atoms with Crippen LogP contribution in [-0.2, 0) is 143 Å². The summed E-state index contributed by atoms with van der Waals surface area (Å²) in [6, 6.07) is 25.3. The number of allylic oxidation sites excluding steroid dienone is 1. The Hall–Kier alpha value is -11.8. The molecule has 6 atom stereocenters. The Balaban J connectivity index is 0.000000202. The van der Waals surface area contributed by atoms with Crippen molar-refractivity contribution < 1.29 is 70.3 Å². The third-order valence-electron chi connectivity index (χ3n) is 24.0. The number of thiol groups is 2. The Morgan fingerprint density at radius 2 is 0.686 bits per heavy atom. The van der Waals surface area contributed by atoms with E-state index in [1.165, 1.54) is 47.9 Å². The van der Waals surface area contributed by atoms with Crippen LogP contribution in [0.2, 0.25) is 0 Å². The number of aryl methyl sites for hydroxylation is 14. The van der Waals surface area contributed by atoms with Crippen molar-refractivity contribution in [3.63, 3.8) is 0 Å². The molecule has 17 heterocycles. The second-order valence-electron chi connectivity index (χ2n) is 33.8. The van der Waals surface area contributed by atoms with Crippen LogP contribution in [0.15, 0.2) is 303 Å². The molecule has 17 aromatic heterocycles. The van der Waals surface area contributed by atoms with Crippen LogP contribution in [0.5, 0.6) is 0 Å². The van der Waals surface area contributed by atoms with Gasteiger partial charge < -0.3 is 76.4 Å². The summed E-state index contributed by atoms with van der Waals surface area (Å²) < 4.78 is 34.9. The molecule has 0 aliphatic carbocycles. The first kappa shape index (κ1) is 113. The Kier molecular flexibility index (Phi) is 48.3. The number of rotatable bonds is 34. The number of aromatic nitrogens is 31. The molecular weight excluding hydrogens is 2230 g/mol. The van der Waals surface area contributed by atoms with Crippen molar-refractivity contribution in [2.24, 2.45) is 70.5 Å². The van der Waals surface area contributed by atoms with Crippen LogP contribution in [0.1, 0.15) is 144 Å². The van der Waals surface area contributed by atoms with Crippen molar-refractivity contribution in [2.45, 2.75) is 155 Å². The van der Waals surface area contributed by atoms with Crippen LogP contribution >= 0.6 is 37.0 Å². The number of thioether (sulfide) groups is 1. The summed E-state index contributed by atoms with van der Waals surface area (Å²) in [5, 5.41) is 0. The van der Waals surface area contributed by atoms with Gasteiger partial charge in [0.15, 0.2) is 108 Å². The molecule has 6 unspecified atom stereocenters. The van der Waals surface area contributed by atoms with Gasteiger partial charge in [-0.05, 0) is 109 Å². The van der Waals surface area contributed by atoms with Crippen molar-refractivity contribution in [3.8, 4) is 69.9 Å². The summed E-state index contributed by atoms with van der Waals surface area (Å²) >= 11 is 10.6. The minimum absolute atomic E-state index is 0. The van der Waals surface area contributed by atoms with Crippen molar-refractivity contribution in [1.82, 2.24) is 134 Å². The van der Waals surface area contributed by atoms with Gasteiger partial charge in [0.05, 0.1) is 24.7 Å². The van der Waals surface area contributed by atoms with E-state index in [0.717, 1.165) is 145 Å². The molecule has 0 aliphatic heterocycles. The van der Waals surface area contributed by atoms with Gasteiger partial charge >= 0.3 is 0 Å². The Bertz CT molecular complexity index is 5940. The molecule has 0 saturated carbocycles. The molecule has 37 heteroatoms. The molecule has 31 nitrogen and oxygen atoms in total. The smallest absolute Gasteiger partial charge is 0.243 e. The molecule has 18 rings (SSSR count). The van der Waals surface area contributed by atoms with Gasteiger partial charge in [0.1, 0.15) is 12.4 Å². The fourth-order valence-corrected chi connectivity index (χ4v) is 17.2. The predicted octanol–water partition coefficient (Wildman–Crippen LogP) is 14.3. The van der Waals surface area contributed by atoms with Gasteiger partial charge in [-0.25, -0.2) is 83.1 Å². The summed E-state index contributed by atoms with van der Waals surface area (Å²) in [5.41, 5.74) is 5.72. The summed E-state index contributed by atoms with van der Waals surface area (Å²) in [6.45, 7) is 22.1. The van der Waals surface area contributed by atoms with Crippen LogP contribution in [0.3, 0.4) is 0 Å². The molecule has 0 N–H and O–H groups in total. The van der Waals surface area contributed by atoms with Crippen molar-refractivity contribution in [2.75, 3.05) is 23.0 Å². The molecule has 0 radical (unpaired) electrons. The molecule has 744 valence electrons. The number of halogens is 1. The van der Waals surface area contributed by atoms with Gasteiger partial charge in [-0.2, -0.15) is 37.0 Å². The second kappa shape index (κ2) is 59.7. The topological polar surface area (TPSA) is 261 Å². The number of hydrogen-bond acceptors (Lipinski definition) is 17. The van der Waals surface area contributed by atoms with E-state index in [-0.39, 0.29) is 56.6 Å². The first-order valence-corrected chi connectivity index (χ1v) is 49.2. The van der Waals surface area contributed by atoms with Crippen LogP contribution in [0.25, 0.3) is 69.9 Å². The van der Waals surface area contributed by atoms with Crippen LogP contribution in [-0.4, -0.2) is 157 Å². The maximum Gasteiger partial charge on any atom is 0.243 e. The van der Waals surface area contributed by atoms with E-state index in [1.807, 2.05) is 244 Å². The maximum atomic E-state index is 4.50. The average Bonchev–Trinajstić information content (AvgIpc) is 1.68. The average molecular weight is 2370 g/mol. The van der Waals surface area contributed by atoms with E-state index in [1.54, 1.807) is 62.0 Å². The number of pyridine rings is 3. The van der Waals surface area contributed by atoms with Crippen LogP contribution in [0.4, 0.5) is 0 Å². The minimum Gasteiger partial charge on any atom is -1.00 e. The zero-order valence-corrected chi connectivity index (χ0v) is 92.7. The van der Waals surface area contributed by atoms with E-state index in [4.69, 9.17) is 0 Å². The maximum absolute atomic E-state index is 4.50. The third kappa shape index (κ3) is 33.1.